The van der Waals surface area contributed by atoms with E-state index in [1.807, 2.05) is 6.92 Å². The lowest BCUT2D eigenvalue weighted by molar-refractivity contribution is -0.162. The quantitative estimate of drug-likeness (QED) is 0.186. The Morgan fingerprint density at radius 1 is 1.18 bits per heavy atom. The zero-order valence-corrected chi connectivity index (χ0v) is 23.4. The van der Waals surface area contributed by atoms with E-state index in [1.54, 1.807) is 22.0 Å². The van der Waals surface area contributed by atoms with Crippen LogP contribution in [-0.2, 0) is 28.6 Å². The van der Waals surface area contributed by atoms with Crippen LogP contribution in [0.25, 0.3) is 0 Å². The van der Waals surface area contributed by atoms with E-state index in [0.29, 0.717) is 65.0 Å². The molecule has 4 heterocycles. The van der Waals surface area contributed by atoms with Gasteiger partial charge in [0.25, 0.3) is 0 Å². The molecule has 4 rings (SSSR count). The minimum atomic E-state index is -1.09. The Labute approximate surface area is 231 Å². The summed E-state index contributed by atoms with van der Waals surface area (Å²) in [7, 11) is 0. The van der Waals surface area contributed by atoms with Gasteiger partial charge in [-0.25, -0.2) is 0 Å². The predicted octanol–water partition coefficient (Wildman–Crippen LogP) is 1.38. The van der Waals surface area contributed by atoms with E-state index in [4.69, 9.17) is 14.2 Å². The molecule has 4 aliphatic heterocycles. The van der Waals surface area contributed by atoms with Gasteiger partial charge in [0.2, 0.25) is 11.8 Å². The first-order chi connectivity index (χ1) is 18.9. The number of morpholine rings is 1. The minimum absolute atomic E-state index is 0.107. The van der Waals surface area contributed by atoms with Gasteiger partial charge in [0.05, 0.1) is 31.3 Å². The van der Waals surface area contributed by atoms with Crippen LogP contribution in [0, 0.1) is 11.8 Å². The van der Waals surface area contributed by atoms with Crippen LogP contribution in [0.3, 0.4) is 0 Å². The van der Waals surface area contributed by atoms with Crippen LogP contribution in [0.2, 0.25) is 0 Å². The Morgan fingerprint density at radius 3 is 2.62 bits per heavy atom. The average Bonchev–Trinajstić information content (AvgIpc) is 3.55. The maximum atomic E-state index is 14.3. The number of aliphatic hydroxyl groups is 1. The molecule has 2 amide bonds. The molecule has 4 aliphatic rings. The smallest absolute Gasteiger partial charge is 0.312 e. The summed E-state index contributed by atoms with van der Waals surface area (Å²) in [6, 6.07) is -0.863. The lowest BCUT2D eigenvalue weighted by Crippen LogP contribution is -2.57. The summed E-state index contributed by atoms with van der Waals surface area (Å²) >= 11 is 0. The molecule has 218 valence electrons. The number of unbranched alkanes of at least 4 members (excludes halogenated alkanes) is 1. The molecular weight excluding hydrogens is 502 g/mol. The van der Waals surface area contributed by atoms with Crippen LogP contribution in [0.15, 0.2) is 25.3 Å². The van der Waals surface area contributed by atoms with Gasteiger partial charge in [-0.05, 0) is 38.5 Å². The summed E-state index contributed by atoms with van der Waals surface area (Å²) in [6.45, 7) is 14.4. The van der Waals surface area contributed by atoms with E-state index < -0.39 is 35.0 Å². The van der Waals surface area contributed by atoms with E-state index in [-0.39, 0.29) is 31.6 Å². The Morgan fingerprint density at radius 2 is 1.95 bits per heavy atom. The second-order valence-corrected chi connectivity index (χ2v) is 11.1. The third-order valence-corrected chi connectivity index (χ3v) is 8.97. The molecule has 10 nitrogen and oxygen atoms in total. The Kier molecular flexibility index (Phi) is 9.85. The Hall–Kier alpha value is -2.27. The van der Waals surface area contributed by atoms with Crippen molar-refractivity contribution in [2.75, 3.05) is 65.7 Å². The summed E-state index contributed by atoms with van der Waals surface area (Å²) in [5.74, 6) is -2.41. The van der Waals surface area contributed by atoms with Gasteiger partial charge < -0.3 is 29.1 Å². The molecule has 0 aromatic heterocycles. The zero-order chi connectivity index (χ0) is 28.0. The van der Waals surface area contributed by atoms with Gasteiger partial charge in [0, 0.05) is 45.9 Å². The fourth-order valence-corrected chi connectivity index (χ4v) is 7.03. The summed E-state index contributed by atoms with van der Waals surface area (Å²) < 4.78 is 17.9. The first-order valence-electron chi connectivity index (χ1n) is 14.5. The largest absolute Gasteiger partial charge is 0.465 e. The molecule has 0 aromatic carbocycles. The van der Waals surface area contributed by atoms with Gasteiger partial charge in [0.1, 0.15) is 17.6 Å². The van der Waals surface area contributed by atoms with Crippen molar-refractivity contribution in [3.63, 3.8) is 0 Å². The zero-order valence-electron chi connectivity index (χ0n) is 23.4. The van der Waals surface area contributed by atoms with Crippen molar-refractivity contribution in [2.45, 2.75) is 62.7 Å². The number of hydrogen-bond donors (Lipinski definition) is 1. The Balaban J connectivity index is 1.62. The van der Waals surface area contributed by atoms with Crippen LogP contribution in [0.1, 0.15) is 45.4 Å². The molecule has 0 radical (unpaired) electrons. The number of rotatable bonds is 15. The molecule has 0 aliphatic carbocycles. The fourth-order valence-electron chi connectivity index (χ4n) is 7.03. The van der Waals surface area contributed by atoms with Gasteiger partial charge in [-0.15, -0.1) is 13.2 Å². The molecule has 1 spiro atoms. The Bertz CT molecular complexity index is 923. The number of likely N-dealkylation sites (tertiary alicyclic amines) is 1. The second kappa shape index (κ2) is 12.9. The topological polar surface area (TPSA) is 109 Å². The van der Waals surface area contributed by atoms with Crippen LogP contribution >= 0.6 is 0 Å². The van der Waals surface area contributed by atoms with Crippen molar-refractivity contribution in [3.05, 3.63) is 25.3 Å². The van der Waals surface area contributed by atoms with Crippen molar-refractivity contribution in [1.82, 2.24) is 14.7 Å². The van der Waals surface area contributed by atoms with Gasteiger partial charge in [-0.2, -0.15) is 0 Å². The molecule has 1 N–H and O–H groups in total. The number of nitrogens with zero attached hydrogens (tertiary/aromatic N) is 3. The van der Waals surface area contributed by atoms with E-state index >= 15 is 0 Å². The number of fused-ring (bicyclic) bond motifs is 1. The fraction of sp³-hybridized carbons (Fsp3) is 0.759. The lowest BCUT2D eigenvalue weighted by atomic mass is 9.65. The molecule has 0 aromatic rings. The molecule has 4 saturated heterocycles. The number of carbonyl (C=O) groups is 3. The third-order valence-electron chi connectivity index (χ3n) is 8.97. The molecule has 10 heteroatoms. The summed E-state index contributed by atoms with van der Waals surface area (Å²) in [5.41, 5.74) is -1.92. The van der Waals surface area contributed by atoms with E-state index in [1.165, 1.54) is 0 Å². The van der Waals surface area contributed by atoms with Gasteiger partial charge in [0.15, 0.2) is 0 Å². The van der Waals surface area contributed by atoms with Crippen LogP contribution in [0.5, 0.6) is 0 Å². The number of ether oxygens (including phenoxy) is 3. The second-order valence-electron chi connectivity index (χ2n) is 11.1. The molecule has 5 atom stereocenters. The standard InChI is InChI=1S/C29H45N3O7/c1-4-7-8-19-38-27(36)23-22-25(34)32(13-9-18-33)24(29(22)11-10-28(23,6-3)39-29)26(35)31(12-5-2)15-14-30-16-20-37-21-17-30/h4-5,22-24,33H,1-2,6-21H2,3H3/t22-,23+,24?,28-,29?/m0/s1. The van der Waals surface area contributed by atoms with Gasteiger partial charge in [-0.1, -0.05) is 19.1 Å². The maximum absolute atomic E-state index is 14.3. The van der Waals surface area contributed by atoms with Crippen molar-refractivity contribution < 1.29 is 33.7 Å². The van der Waals surface area contributed by atoms with Crippen LogP contribution < -0.4 is 0 Å². The maximum Gasteiger partial charge on any atom is 0.312 e. The average molecular weight is 548 g/mol. The highest BCUT2D eigenvalue weighted by molar-refractivity contribution is 5.98. The highest BCUT2D eigenvalue weighted by Gasteiger charge is 2.79. The number of aliphatic hydroxyl groups excluding tert-OH is 1. The highest BCUT2D eigenvalue weighted by Crippen LogP contribution is 2.64. The molecule has 39 heavy (non-hydrogen) atoms. The molecule has 0 saturated carbocycles. The normalized spacial score (nSPS) is 31.8. The molecular formula is C29H45N3O7. The van der Waals surface area contributed by atoms with Gasteiger partial charge >= 0.3 is 5.97 Å². The SMILES string of the molecule is C=CCCCOC(=O)[C@H]1[C@H]2C(=O)N(CCCO)C(C(=O)N(CC=C)CCN3CCOCC3)C23CC[C@]1(CC)O3. The molecule has 2 bridgehead atoms. The predicted molar refractivity (Wildman–Crippen MR) is 145 cm³/mol. The summed E-state index contributed by atoms with van der Waals surface area (Å²) in [5, 5.41) is 9.58. The highest BCUT2D eigenvalue weighted by atomic mass is 16.6. The first-order valence-corrected chi connectivity index (χ1v) is 14.5. The van der Waals surface area contributed by atoms with E-state index in [2.05, 4.69) is 18.1 Å². The summed E-state index contributed by atoms with van der Waals surface area (Å²) in [4.78, 5) is 47.5. The molecule has 4 fully saturated rings. The number of hydrogen-bond acceptors (Lipinski definition) is 8. The summed E-state index contributed by atoms with van der Waals surface area (Å²) in [6.07, 6.45) is 6.87. The monoisotopic (exact) mass is 547 g/mol. The third kappa shape index (κ3) is 5.53. The molecule has 2 unspecified atom stereocenters. The van der Waals surface area contributed by atoms with Crippen LogP contribution in [-0.4, -0.2) is 121 Å². The van der Waals surface area contributed by atoms with Crippen molar-refractivity contribution >= 4 is 17.8 Å². The van der Waals surface area contributed by atoms with E-state index in [0.717, 1.165) is 19.5 Å². The lowest BCUT2D eigenvalue weighted by Gasteiger charge is -2.37. The van der Waals surface area contributed by atoms with Crippen molar-refractivity contribution in [2.24, 2.45) is 11.8 Å². The number of esters is 1. The number of allylic oxidation sites excluding steroid dienone is 1. The van der Waals surface area contributed by atoms with Crippen LogP contribution in [0.4, 0.5) is 0 Å². The first kappa shape index (κ1) is 29.7. The van der Waals surface area contributed by atoms with Gasteiger partial charge in [-0.3, -0.25) is 19.3 Å². The van der Waals surface area contributed by atoms with Crippen molar-refractivity contribution in [1.29, 1.82) is 0 Å². The number of carbonyl (C=O) groups excluding carboxylic acids is 3. The number of amides is 2. The van der Waals surface area contributed by atoms with Crippen molar-refractivity contribution in [3.8, 4) is 0 Å². The van der Waals surface area contributed by atoms with E-state index in [9.17, 15) is 19.5 Å². The minimum Gasteiger partial charge on any atom is -0.465 e.